The van der Waals surface area contributed by atoms with Crippen molar-refractivity contribution in [1.82, 2.24) is 0 Å². The lowest BCUT2D eigenvalue weighted by Gasteiger charge is -2.19. The number of hydrogen-bond donors (Lipinski definition) is 0. The highest BCUT2D eigenvalue weighted by Gasteiger charge is 2.11. The Kier molecular flexibility index (Phi) is 16.4. The largest absolute Gasteiger partial charge is 0.0654 e. The summed E-state index contributed by atoms with van der Waals surface area (Å²) < 4.78 is 0. The molecular formula is C21H44. The standard InChI is InChI=1S/C21H44/c1-5-7-9-11-12-13-14-15-17-19-21(4)20(3)18-16-10-8-6-2/h20-21H,5-19H2,1-4H3. The van der Waals surface area contributed by atoms with E-state index in [0.717, 1.165) is 11.8 Å². The lowest BCUT2D eigenvalue weighted by molar-refractivity contribution is 0.322. The summed E-state index contributed by atoms with van der Waals surface area (Å²) in [6.07, 6.45) is 21.7. The maximum atomic E-state index is 2.48. The molecule has 128 valence electrons. The highest BCUT2D eigenvalue weighted by Crippen LogP contribution is 2.24. The first-order valence-electron chi connectivity index (χ1n) is 10.2. The van der Waals surface area contributed by atoms with Crippen molar-refractivity contribution in [3.05, 3.63) is 0 Å². The Labute approximate surface area is 136 Å². The van der Waals surface area contributed by atoms with Crippen molar-refractivity contribution in [1.29, 1.82) is 0 Å². The summed E-state index contributed by atoms with van der Waals surface area (Å²) in [5, 5.41) is 0. The minimum atomic E-state index is 0.941. The van der Waals surface area contributed by atoms with E-state index in [0.29, 0.717) is 0 Å². The van der Waals surface area contributed by atoms with Crippen molar-refractivity contribution in [2.24, 2.45) is 11.8 Å². The van der Waals surface area contributed by atoms with Gasteiger partial charge in [-0.25, -0.2) is 0 Å². The fourth-order valence-corrected chi connectivity index (χ4v) is 3.24. The van der Waals surface area contributed by atoms with Crippen LogP contribution in [0.15, 0.2) is 0 Å². The van der Waals surface area contributed by atoms with Crippen molar-refractivity contribution >= 4 is 0 Å². The van der Waals surface area contributed by atoms with Gasteiger partial charge in [0, 0.05) is 0 Å². The second-order valence-corrected chi connectivity index (χ2v) is 7.42. The zero-order valence-electron chi connectivity index (χ0n) is 15.8. The lowest BCUT2D eigenvalue weighted by Crippen LogP contribution is -2.08. The maximum absolute atomic E-state index is 2.48. The van der Waals surface area contributed by atoms with Crippen molar-refractivity contribution < 1.29 is 0 Å². The second-order valence-electron chi connectivity index (χ2n) is 7.42. The smallest absolute Gasteiger partial charge is 0.0417 e. The van der Waals surface area contributed by atoms with Crippen LogP contribution >= 0.6 is 0 Å². The molecule has 0 aromatic carbocycles. The first-order chi connectivity index (χ1) is 10.2. The first kappa shape index (κ1) is 21.0. The van der Waals surface area contributed by atoms with Gasteiger partial charge in [-0.05, 0) is 11.8 Å². The molecule has 0 aliphatic carbocycles. The average molecular weight is 297 g/mol. The molecule has 0 aromatic heterocycles. The zero-order valence-corrected chi connectivity index (χ0v) is 15.8. The van der Waals surface area contributed by atoms with Crippen LogP contribution in [0.3, 0.4) is 0 Å². The van der Waals surface area contributed by atoms with E-state index in [1.807, 2.05) is 0 Å². The Hall–Kier alpha value is 0. The predicted octanol–water partition coefficient (Wildman–Crippen LogP) is 8.15. The van der Waals surface area contributed by atoms with Gasteiger partial charge in [-0.3, -0.25) is 0 Å². The molecule has 0 aliphatic rings. The molecule has 0 N–H and O–H groups in total. The molecule has 0 heterocycles. The Morgan fingerprint density at radius 1 is 0.429 bits per heavy atom. The average Bonchev–Trinajstić information content (AvgIpc) is 2.49. The highest BCUT2D eigenvalue weighted by molar-refractivity contribution is 4.63. The minimum Gasteiger partial charge on any atom is -0.0654 e. The van der Waals surface area contributed by atoms with E-state index in [4.69, 9.17) is 0 Å². The van der Waals surface area contributed by atoms with Crippen molar-refractivity contribution in [3.63, 3.8) is 0 Å². The van der Waals surface area contributed by atoms with Gasteiger partial charge in [-0.1, -0.05) is 124 Å². The van der Waals surface area contributed by atoms with E-state index < -0.39 is 0 Å². The third-order valence-electron chi connectivity index (χ3n) is 5.25. The quantitative estimate of drug-likeness (QED) is 0.252. The Bertz CT molecular complexity index is 184. The molecule has 2 unspecified atom stereocenters. The van der Waals surface area contributed by atoms with Gasteiger partial charge >= 0.3 is 0 Å². The van der Waals surface area contributed by atoms with Crippen LogP contribution in [0.2, 0.25) is 0 Å². The third kappa shape index (κ3) is 14.7. The Morgan fingerprint density at radius 2 is 0.714 bits per heavy atom. The molecule has 0 saturated heterocycles. The van der Waals surface area contributed by atoms with Gasteiger partial charge in [0.05, 0.1) is 0 Å². The van der Waals surface area contributed by atoms with Gasteiger partial charge in [0.25, 0.3) is 0 Å². The van der Waals surface area contributed by atoms with E-state index in [1.165, 1.54) is 96.3 Å². The molecular weight excluding hydrogens is 252 g/mol. The molecule has 0 bridgehead atoms. The molecule has 0 saturated carbocycles. The monoisotopic (exact) mass is 296 g/mol. The molecule has 0 amide bonds. The van der Waals surface area contributed by atoms with Gasteiger partial charge < -0.3 is 0 Å². The summed E-state index contributed by atoms with van der Waals surface area (Å²) in [6, 6.07) is 0. The van der Waals surface area contributed by atoms with Crippen LogP contribution in [0.4, 0.5) is 0 Å². The SMILES string of the molecule is CCCCCCCCCCCC(C)C(C)CCCCCC. The fourth-order valence-electron chi connectivity index (χ4n) is 3.24. The summed E-state index contributed by atoms with van der Waals surface area (Å²) in [5.41, 5.74) is 0. The van der Waals surface area contributed by atoms with Crippen LogP contribution in [-0.2, 0) is 0 Å². The molecule has 0 aliphatic heterocycles. The van der Waals surface area contributed by atoms with E-state index in [1.54, 1.807) is 0 Å². The third-order valence-corrected chi connectivity index (χ3v) is 5.25. The summed E-state index contributed by atoms with van der Waals surface area (Å²) in [4.78, 5) is 0. The van der Waals surface area contributed by atoms with Crippen molar-refractivity contribution in [2.45, 2.75) is 124 Å². The topological polar surface area (TPSA) is 0 Å². The predicted molar refractivity (Wildman–Crippen MR) is 98.9 cm³/mol. The fraction of sp³-hybridized carbons (Fsp3) is 1.00. The van der Waals surface area contributed by atoms with E-state index >= 15 is 0 Å². The molecule has 0 aromatic rings. The molecule has 0 nitrogen and oxygen atoms in total. The van der Waals surface area contributed by atoms with Crippen molar-refractivity contribution in [2.75, 3.05) is 0 Å². The molecule has 0 rings (SSSR count). The maximum Gasteiger partial charge on any atom is -0.0417 e. The molecule has 0 radical (unpaired) electrons. The first-order valence-corrected chi connectivity index (χ1v) is 10.2. The number of rotatable bonds is 16. The van der Waals surface area contributed by atoms with Crippen LogP contribution in [0.1, 0.15) is 124 Å². The number of hydrogen-bond acceptors (Lipinski definition) is 0. The highest BCUT2D eigenvalue weighted by atomic mass is 14.2. The molecule has 0 heteroatoms. The van der Waals surface area contributed by atoms with E-state index in [2.05, 4.69) is 27.7 Å². The summed E-state index contributed by atoms with van der Waals surface area (Å²) in [6.45, 7) is 9.56. The Morgan fingerprint density at radius 3 is 1.10 bits per heavy atom. The van der Waals surface area contributed by atoms with Crippen LogP contribution in [-0.4, -0.2) is 0 Å². The van der Waals surface area contributed by atoms with Gasteiger partial charge in [0.2, 0.25) is 0 Å². The summed E-state index contributed by atoms with van der Waals surface area (Å²) in [5.74, 6) is 1.88. The van der Waals surface area contributed by atoms with Crippen LogP contribution in [0.25, 0.3) is 0 Å². The van der Waals surface area contributed by atoms with Crippen LogP contribution < -0.4 is 0 Å². The Balaban J connectivity index is 3.30. The number of unbranched alkanes of at least 4 members (excludes halogenated alkanes) is 11. The molecule has 2 atom stereocenters. The van der Waals surface area contributed by atoms with E-state index in [9.17, 15) is 0 Å². The lowest BCUT2D eigenvalue weighted by atomic mass is 9.87. The minimum absolute atomic E-state index is 0.941. The van der Waals surface area contributed by atoms with Gasteiger partial charge in [0.15, 0.2) is 0 Å². The van der Waals surface area contributed by atoms with Crippen LogP contribution in [0, 0.1) is 11.8 Å². The molecule has 21 heavy (non-hydrogen) atoms. The van der Waals surface area contributed by atoms with Crippen LogP contribution in [0.5, 0.6) is 0 Å². The van der Waals surface area contributed by atoms with Gasteiger partial charge in [-0.2, -0.15) is 0 Å². The van der Waals surface area contributed by atoms with Gasteiger partial charge in [0.1, 0.15) is 0 Å². The molecule has 0 fully saturated rings. The normalized spacial score (nSPS) is 14.3. The molecule has 0 spiro atoms. The van der Waals surface area contributed by atoms with E-state index in [-0.39, 0.29) is 0 Å². The van der Waals surface area contributed by atoms with Gasteiger partial charge in [-0.15, -0.1) is 0 Å². The zero-order chi connectivity index (χ0) is 15.8. The summed E-state index contributed by atoms with van der Waals surface area (Å²) in [7, 11) is 0. The second kappa shape index (κ2) is 16.4. The summed E-state index contributed by atoms with van der Waals surface area (Å²) >= 11 is 0. The van der Waals surface area contributed by atoms with Crippen molar-refractivity contribution in [3.8, 4) is 0 Å².